The Hall–Kier alpha value is -2.51. The molecule has 2 unspecified atom stereocenters. The molecule has 6 rings (SSSR count). The van der Waals surface area contributed by atoms with Crippen molar-refractivity contribution >= 4 is 61.0 Å². The maximum Gasteiger partial charge on any atom is 0.223 e. The third-order valence-corrected chi connectivity index (χ3v) is 14.1. The summed E-state index contributed by atoms with van der Waals surface area (Å²) in [5, 5.41) is 16.2. The number of hydrogen-bond donors (Lipinski definition) is 1. The topological polar surface area (TPSA) is 76.2 Å². The molecule has 0 bridgehead atoms. The molecule has 283 valence electrons. The average Bonchev–Trinajstić information content (AvgIpc) is 3.81. The number of ketones is 1. The summed E-state index contributed by atoms with van der Waals surface area (Å²) in [6.45, 7) is 25.9. The number of aromatic nitrogens is 2. The first kappa shape index (κ1) is 42.2. The monoisotopic (exact) mass is 918 g/mol. The number of aliphatic hydroxyl groups is 1. The number of furan rings is 1. The van der Waals surface area contributed by atoms with E-state index in [2.05, 4.69) is 82.2 Å². The minimum atomic E-state index is -0.337. The number of carbonyl (C=O) groups is 1. The summed E-state index contributed by atoms with van der Waals surface area (Å²) < 4.78 is 7.59. The van der Waals surface area contributed by atoms with Gasteiger partial charge in [0.1, 0.15) is 17.7 Å². The molecule has 3 aromatic heterocycles. The van der Waals surface area contributed by atoms with Crippen LogP contribution < -0.4 is 0 Å². The maximum absolute atomic E-state index is 12.2. The summed E-state index contributed by atoms with van der Waals surface area (Å²) >= 11 is 3.80. The minimum Gasteiger partial charge on any atom is -0.512 e. The van der Waals surface area contributed by atoms with Gasteiger partial charge in [0.15, 0.2) is 5.78 Å². The number of benzene rings is 2. The minimum absolute atomic E-state index is 0. The Bertz CT molecular complexity index is 2060. The van der Waals surface area contributed by atoms with E-state index < -0.39 is 0 Å². The van der Waals surface area contributed by atoms with Crippen molar-refractivity contribution in [3.8, 4) is 11.3 Å². The van der Waals surface area contributed by atoms with Crippen LogP contribution in [0.25, 0.3) is 43.4 Å². The molecule has 5 aromatic rings. The Kier molecular flexibility index (Phi) is 13.4. The van der Waals surface area contributed by atoms with Crippen molar-refractivity contribution < 1.29 is 34.4 Å². The van der Waals surface area contributed by atoms with Crippen molar-refractivity contribution in [1.29, 1.82) is 0 Å². The summed E-state index contributed by atoms with van der Waals surface area (Å²) in [5.41, 5.74) is 5.65. The molecule has 0 saturated carbocycles. The van der Waals surface area contributed by atoms with Crippen LogP contribution in [0.2, 0.25) is 0 Å². The third kappa shape index (κ3) is 8.11. The number of hydrogen-bond acceptors (Lipinski definition) is 7. The van der Waals surface area contributed by atoms with E-state index in [1.807, 2.05) is 53.3 Å². The number of fused-ring (bicyclic) bond motifs is 6. The fourth-order valence-corrected chi connectivity index (χ4v) is 9.84. The predicted octanol–water partition coefficient (Wildman–Crippen LogP) is 13.6. The van der Waals surface area contributed by atoms with E-state index in [1.165, 1.54) is 38.6 Å². The molecule has 8 heteroatoms. The van der Waals surface area contributed by atoms with Gasteiger partial charge < -0.3 is 9.52 Å². The number of rotatable bonds is 10. The number of aliphatic hydroxyl groups excluding tert-OH is 1. The number of thioether (sulfide) groups is 1. The van der Waals surface area contributed by atoms with Crippen LogP contribution in [-0.2, 0) is 30.3 Å². The largest absolute Gasteiger partial charge is 0.512 e. The fourth-order valence-electron chi connectivity index (χ4n) is 6.91. The summed E-state index contributed by atoms with van der Waals surface area (Å²) in [4.78, 5) is 22.9. The van der Waals surface area contributed by atoms with Crippen LogP contribution in [0.3, 0.4) is 0 Å². The predicted molar refractivity (Wildman–Crippen MR) is 218 cm³/mol. The Morgan fingerprint density at radius 1 is 0.981 bits per heavy atom. The van der Waals surface area contributed by atoms with Crippen molar-refractivity contribution in [1.82, 2.24) is 9.97 Å². The second-order valence-corrected chi connectivity index (χ2v) is 18.5. The van der Waals surface area contributed by atoms with Gasteiger partial charge in [-0.15, -0.1) is 35.3 Å². The van der Waals surface area contributed by atoms with Crippen LogP contribution in [-0.4, -0.2) is 26.1 Å². The van der Waals surface area contributed by atoms with Crippen molar-refractivity contribution in [2.45, 2.75) is 137 Å². The zero-order valence-corrected chi connectivity index (χ0v) is 37.1. The van der Waals surface area contributed by atoms with Gasteiger partial charge in [0.25, 0.3) is 0 Å². The summed E-state index contributed by atoms with van der Waals surface area (Å²) in [7, 11) is 0. The van der Waals surface area contributed by atoms with Crippen LogP contribution in [0.5, 0.6) is 0 Å². The van der Waals surface area contributed by atoms with E-state index in [1.54, 1.807) is 17.7 Å². The van der Waals surface area contributed by atoms with Gasteiger partial charge in [-0.2, -0.15) is 11.3 Å². The molecule has 1 radical (unpaired) electrons. The summed E-state index contributed by atoms with van der Waals surface area (Å²) in [5.74, 6) is 1.48. The smallest absolute Gasteiger partial charge is 0.223 e. The van der Waals surface area contributed by atoms with Crippen LogP contribution in [0.15, 0.2) is 57.1 Å². The van der Waals surface area contributed by atoms with E-state index in [0.29, 0.717) is 22.8 Å². The van der Waals surface area contributed by atoms with Gasteiger partial charge in [-0.05, 0) is 71.1 Å². The van der Waals surface area contributed by atoms with Crippen LogP contribution in [0.4, 0.5) is 0 Å². The second-order valence-electron chi connectivity index (χ2n) is 16.4. The SMILES string of the molecule is CC(C)CC1Sc2c(ccc3oc4ncnc(-c5[c-]c6ccsc6c(C(C)(C)C)c5)c4c23)C1C.CCC(C)(CC)C(=O)/C=C(\O)C(C)(CC)CC.[Ir]. The van der Waals surface area contributed by atoms with Crippen molar-refractivity contribution in [3.05, 3.63) is 65.0 Å². The molecule has 0 spiro atoms. The zero-order chi connectivity index (χ0) is 37.5. The van der Waals surface area contributed by atoms with Gasteiger partial charge >= 0.3 is 0 Å². The fraction of sp³-hybridized carbons (Fsp3) is 0.523. The zero-order valence-electron chi connectivity index (χ0n) is 33.1. The third-order valence-electron chi connectivity index (χ3n) is 11.6. The van der Waals surface area contributed by atoms with Crippen LogP contribution >= 0.6 is 23.1 Å². The van der Waals surface area contributed by atoms with Gasteiger partial charge in [0.2, 0.25) is 5.71 Å². The van der Waals surface area contributed by atoms with Crippen molar-refractivity contribution in [2.75, 3.05) is 0 Å². The Morgan fingerprint density at radius 3 is 2.23 bits per heavy atom. The molecule has 1 aliphatic rings. The van der Waals surface area contributed by atoms with Gasteiger partial charge in [-0.25, -0.2) is 4.98 Å². The van der Waals surface area contributed by atoms with Gasteiger partial charge in [0.05, 0.1) is 0 Å². The molecule has 0 fully saturated rings. The van der Waals surface area contributed by atoms with E-state index >= 15 is 0 Å². The number of nitrogens with zero attached hydrogens (tertiary/aromatic N) is 2. The first-order chi connectivity index (χ1) is 24.0. The van der Waals surface area contributed by atoms with Crippen LogP contribution in [0, 0.1) is 22.8 Å². The Balaban J connectivity index is 0.000000289. The number of carbonyl (C=O) groups excluding carboxylic acids is 1. The Morgan fingerprint density at radius 2 is 1.63 bits per heavy atom. The van der Waals surface area contributed by atoms with Crippen molar-refractivity contribution in [2.24, 2.45) is 16.7 Å². The summed E-state index contributed by atoms with van der Waals surface area (Å²) in [6, 6.07) is 12.5. The van der Waals surface area contributed by atoms with Crippen LogP contribution in [0.1, 0.15) is 132 Å². The molecular formula is C44H57IrN2O3S2-. The van der Waals surface area contributed by atoms with Gasteiger partial charge in [-0.3, -0.25) is 9.78 Å². The maximum atomic E-state index is 12.2. The molecule has 0 amide bonds. The normalized spacial score (nSPS) is 16.7. The van der Waals surface area contributed by atoms with Gasteiger partial charge in [0, 0.05) is 63.6 Å². The number of allylic oxidation sites excluding steroid dienone is 2. The molecular weight excluding hydrogens is 861 g/mol. The quantitative estimate of drug-likeness (QED) is 0.0854. The van der Waals surface area contributed by atoms with E-state index in [0.717, 1.165) is 53.3 Å². The molecule has 0 saturated heterocycles. The molecule has 52 heavy (non-hydrogen) atoms. The number of thiophene rings is 1. The standard InChI is InChI=1S/C29H29N2OS2.C15H28O2.Ir/c1-15(2)11-22-16(3)19-7-8-21-23(27(19)34-22)24-25(30-14-31-28(24)32-21)18-12-17-9-10-33-26(17)20(13-18)29(4,5)6;1-7-14(5,8-2)12(16)11-13(17)15(6,9-3)10-4;/h7-10,13-16,22H,11H2,1-6H3;11,16H,7-10H2,1-6H3;/q-1;;/b;12-11-;. The molecule has 1 N–H and O–H groups in total. The molecule has 5 nitrogen and oxygen atoms in total. The summed E-state index contributed by atoms with van der Waals surface area (Å²) in [6.07, 6.45) is 7.59. The van der Waals surface area contributed by atoms with Crippen molar-refractivity contribution in [3.63, 3.8) is 0 Å². The van der Waals surface area contributed by atoms with Gasteiger partial charge in [-0.1, -0.05) is 100 Å². The average molecular weight is 918 g/mol. The molecule has 0 aliphatic carbocycles. The first-order valence-electron chi connectivity index (χ1n) is 18.8. The first-order valence-corrected chi connectivity index (χ1v) is 20.5. The molecule has 2 aromatic carbocycles. The van der Waals surface area contributed by atoms with E-state index in [4.69, 9.17) is 9.40 Å². The van der Waals surface area contributed by atoms with E-state index in [9.17, 15) is 9.90 Å². The molecule has 4 heterocycles. The second kappa shape index (κ2) is 16.5. The molecule has 1 aliphatic heterocycles. The Labute approximate surface area is 333 Å². The van der Waals surface area contributed by atoms with E-state index in [-0.39, 0.29) is 47.9 Å². The molecule has 2 atom stereocenters.